The Labute approximate surface area is 595 Å². The Kier molecular flexibility index (Phi) is 28.5. The number of hydrogen-bond acceptors (Lipinski definition) is 12. The van der Waals surface area contributed by atoms with Crippen LogP contribution in [0.25, 0.3) is 0 Å². The number of halogens is 7. The minimum Gasteiger partial charge on any atom is -0.343 e. The lowest BCUT2D eigenvalue weighted by atomic mass is 9.76. The molecule has 24 nitrogen and oxygen atoms in total. The molecule has 0 aromatic heterocycles. The molecule has 0 bridgehead atoms. The maximum absolute atomic E-state index is 16.1. The van der Waals surface area contributed by atoms with Gasteiger partial charge in [-0.25, -0.2) is 17.6 Å². The van der Waals surface area contributed by atoms with Gasteiger partial charge in [-0.15, -0.1) is 0 Å². The van der Waals surface area contributed by atoms with Gasteiger partial charge in [0, 0.05) is 68.8 Å². The van der Waals surface area contributed by atoms with Crippen LogP contribution >= 0.6 is 0 Å². The highest BCUT2D eigenvalue weighted by molar-refractivity contribution is 6.01. The van der Waals surface area contributed by atoms with Crippen molar-refractivity contribution in [1.29, 1.82) is 0 Å². The number of nitrogens with zero attached hydrogens (tertiary/aromatic N) is 9. The van der Waals surface area contributed by atoms with Crippen molar-refractivity contribution in [2.45, 2.75) is 254 Å². The number of amides is 12. The van der Waals surface area contributed by atoms with Gasteiger partial charge in [0.15, 0.2) is 0 Å². The van der Waals surface area contributed by atoms with Crippen LogP contribution in [-0.2, 0) is 57.5 Å². The van der Waals surface area contributed by atoms with Gasteiger partial charge in [-0.3, -0.25) is 57.5 Å². The van der Waals surface area contributed by atoms with E-state index in [0.717, 1.165) is 43.8 Å². The van der Waals surface area contributed by atoms with Crippen LogP contribution in [0.4, 0.5) is 30.7 Å². The quantitative estimate of drug-likeness (QED) is 0.213. The molecule has 3 N–H and O–H groups in total. The van der Waals surface area contributed by atoms with Crippen molar-refractivity contribution in [3.63, 3.8) is 0 Å². The summed E-state index contributed by atoms with van der Waals surface area (Å²) in [5.74, 6) is -19.2. The van der Waals surface area contributed by atoms with Gasteiger partial charge in [0.25, 0.3) is 5.92 Å². The highest BCUT2D eigenvalue weighted by atomic mass is 19.4. The fraction of sp³-hybridized carbons (Fsp3) is 0.831. The standard InChI is InChI=1S/C71H111F7N12O12/c1-12-43(4)59-66(100)84(7)39-56(93)82(5)40-57(94)86(9)51(35-44-22-14-13-15-23-44)64(98)83(6)38-54(91)79-49(27-26-45-33-47(72)58(48(73)34-45)71(76,77)78)63(97)90-41-70(74,75)37-53(90)62(96)81-69(28-18-19-29-69)68(102)88(11)60(46-24-16-17-25-46)67(101)87(10)52(65(99)89-30-20-21-31-89)36-55(92)85(8)50(32-42(2)3)61(95)80-59/h42-53,58-60H,12-41H2,1-11H3,(H,79,91)(H,80,95)(H,81,96)/t43-,45?,47?,48?,49-,50-,51-,52-,53-,58?,59-,60-/m0/s1. The van der Waals surface area contributed by atoms with E-state index < -0.39 is 232 Å². The van der Waals surface area contributed by atoms with Crippen LogP contribution in [0.3, 0.4) is 0 Å². The lowest BCUT2D eigenvalue weighted by Crippen LogP contribution is -2.65. The molecule has 3 aliphatic heterocycles. The average molecular weight is 1460 g/mol. The Morgan fingerprint density at radius 2 is 1.17 bits per heavy atom. The number of hydrogen-bond donors (Lipinski definition) is 3. The van der Waals surface area contributed by atoms with E-state index in [2.05, 4.69) is 16.0 Å². The first-order valence-electron chi connectivity index (χ1n) is 36.8. The molecule has 2 unspecified atom stereocenters. The lowest BCUT2D eigenvalue weighted by molar-refractivity contribution is -0.219. The van der Waals surface area contributed by atoms with Gasteiger partial charge in [0.1, 0.15) is 66.1 Å². The number of fused-ring (bicyclic) bond motifs is 1. The maximum Gasteiger partial charge on any atom is 0.397 e. The molecule has 0 aromatic rings. The summed E-state index contributed by atoms with van der Waals surface area (Å²) < 4.78 is 104. The molecule has 0 radical (unpaired) electrons. The fourth-order valence-electron chi connectivity index (χ4n) is 16.5. The van der Waals surface area contributed by atoms with Crippen LogP contribution in [0.15, 0.2) is 0 Å². The van der Waals surface area contributed by atoms with Gasteiger partial charge in [0.05, 0.1) is 32.6 Å². The van der Waals surface area contributed by atoms with Crippen LogP contribution < -0.4 is 16.0 Å². The van der Waals surface area contributed by atoms with E-state index in [1.165, 1.54) is 64.0 Å². The third-order valence-corrected chi connectivity index (χ3v) is 22.9. The molecule has 576 valence electrons. The van der Waals surface area contributed by atoms with E-state index in [0.29, 0.717) is 88.6 Å². The first kappa shape index (κ1) is 82.4. The van der Waals surface area contributed by atoms with Crippen molar-refractivity contribution >= 4 is 70.9 Å². The normalized spacial score (nSPS) is 30.8. The number of nitrogens with one attached hydrogen (secondary N) is 3. The Morgan fingerprint density at radius 3 is 1.75 bits per heavy atom. The lowest BCUT2D eigenvalue weighted by Gasteiger charge is -2.42. The molecule has 1 spiro atoms. The second-order valence-corrected chi connectivity index (χ2v) is 31.0. The second-order valence-electron chi connectivity index (χ2n) is 31.0. The van der Waals surface area contributed by atoms with E-state index in [9.17, 15) is 51.5 Å². The molecular weight excluding hydrogens is 1350 g/mol. The van der Waals surface area contributed by atoms with Crippen molar-refractivity contribution in [2.75, 3.05) is 88.6 Å². The summed E-state index contributed by atoms with van der Waals surface area (Å²) in [7, 11) is 9.37. The average Bonchev–Trinajstić information content (AvgIpc) is 1.60. The van der Waals surface area contributed by atoms with E-state index in [1.54, 1.807) is 13.8 Å². The zero-order valence-corrected chi connectivity index (χ0v) is 61.4. The largest absolute Gasteiger partial charge is 0.397 e. The minimum absolute atomic E-state index is 0.0554. The van der Waals surface area contributed by atoms with Crippen molar-refractivity contribution in [3.05, 3.63) is 0 Å². The van der Waals surface area contributed by atoms with Gasteiger partial charge in [0.2, 0.25) is 70.9 Å². The maximum atomic E-state index is 16.1. The molecular formula is C71H111F7N12O12. The predicted octanol–water partition coefficient (Wildman–Crippen LogP) is 5.63. The first-order chi connectivity index (χ1) is 47.8. The van der Waals surface area contributed by atoms with Crippen LogP contribution in [0.2, 0.25) is 0 Å². The highest BCUT2D eigenvalue weighted by Crippen LogP contribution is 2.45. The number of carbonyl (C=O) groups is 12. The third-order valence-electron chi connectivity index (χ3n) is 22.9. The monoisotopic (exact) mass is 1460 g/mol. The first-order valence-corrected chi connectivity index (χ1v) is 36.8. The van der Waals surface area contributed by atoms with Gasteiger partial charge in [-0.05, 0) is 107 Å². The molecule has 12 amide bonds. The molecule has 7 fully saturated rings. The summed E-state index contributed by atoms with van der Waals surface area (Å²) in [6, 6.07) is -10.5. The Bertz CT molecular complexity index is 3000. The molecule has 3 saturated heterocycles. The minimum atomic E-state index is -5.23. The number of alkyl halides is 7. The van der Waals surface area contributed by atoms with E-state index in [-0.39, 0.29) is 37.5 Å². The summed E-state index contributed by atoms with van der Waals surface area (Å²) in [5.41, 5.74) is -1.87. The SMILES string of the molecule is CC[C@H](C)[C@@H]1NC(=O)[C@H](CC(C)C)N(C)C(=O)C[C@@H](C(=O)N2CCCC2)N(C)C(=O)[C@H](C2CCCC2)N(C)C(=O)C2(CCCC2)NC(=O)[C@@H]2CC(F)(F)CN2C(=O)[C@H](CCC2CC(F)C(C(F)(F)F)C(F)C2)NC(=O)CN(C)C(=O)[C@H](CC2CCCCC2)N(C)C(=O)CN(C)C(=O)CN(C)C1=O. The van der Waals surface area contributed by atoms with Crippen molar-refractivity contribution in [3.8, 4) is 0 Å². The van der Waals surface area contributed by atoms with Gasteiger partial charge in [-0.2, -0.15) is 13.2 Å². The van der Waals surface area contributed by atoms with Gasteiger partial charge in [-0.1, -0.05) is 91.9 Å². The summed E-state index contributed by atoms with van der Waals surface area (Å²) in [4.78, 5) is 188. The Balaban J connectivity index is 1.29. The van der Waals surface area contributed by atoms with Crippen molar-refractivity contribution in [2.24, 2.45) is 35.5 Å². The second kappa shape index (κ2) is 35.3. The van der Waals surface area contributed by atoms with E-state index in [1.807, 2.05) is 13.8 Å². The third kappa shape index (κ3) is 20.1. The van der Waals surface area contributed by atoms with Crippen molar-refractivity contribution < 1.29 is 88.3 Å². The molecule has 7 rings (SSSR count). The van der Waals surface area contributed by atoms with Gasteiger partial charge < -0.3 is 60.0 Å². The molecule has 10 atom stereocenters. The number of likely N-dealkylation sites (N-methyl/N-ethyl adjacent to an activating group) is 7. The molecule has 31 heteroatoms. The summed E-state index contributed by atoms with van der Waals surface area (Å²) in [6.07, 6.45) is -6.65. The summed E-state index contributed by atoms with van der Waals surface area (Å²) >= 11 is 0. The summed E-state index contributed by atoms with van der Waals surface area (Å²) in [5, 5.41) is 8.07. The topological polar surface area (TPSA) is 270 Å². The van der Waals surface area contributed by atoms with E-state index in [4.69, 9.17) is 0 Å². The van der Waals surface area contributed by atoms with E-state index >= 15 is 36.7 Å². The number of rotatable bonds is 11. The van der Waals surface area contributed by atoms with Gasteiger partial charge >= 0.3 is 6.18 Å². The zero-order valence-electron chi connectivity index (χ0n) is 61.4. The molecule has 102 heavy (non-hydrogen) atoms. The Hall–Kier alpha value is -6.85. The zero-order chi connectivity index (χ0) is 75.6. The molecule has 0 aromatic carbocycles. The fourth-order valence-corrected chi connectivity index (χ4v) is 16.5. The molecule has 7 aliphatic rings. The van der Waals surface area contributed by atoms with Crippen molar-refractivity contribution in [1.82, 2.24) is 60.0 Å². The molecule has 3 heterocycles. The summed E-state index contributed by atoms with van der Waals surface area (Å²) in [6.45, 7) is 4.36. The predicted molar refractivity (Wildman–Crippen MR) is 361 cm³/mol. The molecule has 4 aliphatic carbocycles. The molecule has 4 saturated carbocycles. The highest BCUT2D eigenvalue weighted by Gasteiger charge is 2.57. The van der Waals surface area contributed by atoms with Crippen LogP contribution in [0.1, 0.15) is 182 Å². The number of likely N-dealkylation sites (tertiary alicyclic amines) is 1. The smallest absolute Gasteiger partial charge is 0.343 e. The number of carbonyl (C=O) groups excluding carboxylic acids is 12. The Morgan fingerprint density at radius 1 is 0.598 bits per heavy atom. The van der Waals surface area contributed by atoms with Crippen LogP contribution in [0, 0.1) is 35.5 Å². The van der Waals surface area contributed by atoms with Crippen LogP contribution in [0.5, 0.6) is 0 Å². The van der Waals surface area contributed by atoms with Crippen LogP contribution in [-0.4, -0.2) is 276 Å².